The van der Waals surface area contributed by atoms with E-state index in [1.54, 1.807) is 11.0 Å². The number of hydrogen-bond donors (Lipinski definition) is 0. The number of carbonyl (C=O) groups excluding carboxylic acids is 1. The average molecular weight is 456 g/mol. The topological polar surface area (TPSA) is 90.7 Å². The summed E-state index contributed by atoms with van der Waals surface area (Å²) in [6, 6.07) is 12.1. The second-order valence-corrected chi connectivity index (χ2v) is 10.5. The van der Waals surface area contributed by atoms with Crippen LogP contribution in [0.3, 0.4) is 0 Å². The molecule has 7 nitrogen and oxygen atoms in total. The van der Waals surface area contributed by atoms with Crippen LogP contribution in [0.25, 0.3) is 0 Å². The van der Waals surface area contributed by atoms with Gasteiger partial charge in [-0.15, -0.1) is 0 Å². The molecule has 3 rings (SSSR count). The number of aryl methyl sites for hydroxylation is 2. The molecule has 0 unspecified atom stereocenters. The van der Waals surface area contributed by atoms with Gasteiger partial charge in [-0.25, -0.2) is 8.42 Å². The van der Waals surface area contributed by atoms with E-state index in [0.717, 1.165) is 11.1 Å². The minimum atomic E-state index is -3.92. The molecule has 2 aromatic rings. The first-order valence-electron chi connectivity index (χ1n) is 10.7. The van der Waals surface area contributed by atoms with E-state index in [1.807, 2.05) is 52.0 Å². The Labute approximate surface area is 190 Å². The van der Waals surface area contributed by atoms with E-state index in [1.165, 1.54) is 16.4 Å². The highest BCUT2D eigenvalue weighted by Crippen LogP contribution is 2.33. The number of benzene rings is 2. The summed E-state index contributed by atoms with van der Waals surface area (Å²) in [4.78, 5) is 14.0. The van der Waals surface area contributed by atoms with E-state index < -0.39 is 10.0 Å². The molecule has 0 radical (unpaired) electrons. The Bertz CT molecular complexity index is 1120. The van der Waals surface area contributed by atoms with Gasteiger partial charge < -0.3 is 9.64 Å². The van der Waals surface area contributed by atoms with Crippen LogP contribution < -0.4 is 4.74 Å². The summed E-state index contributed by atoms with van der Waals surface area (Å²) in [6.45, 7) is 8.94. The van der Waals surface area contributed by atoms with Crippen LogP contribution in [0.2, 0.25) is 0 Å². The summed E-state index contributed by atoms with van der Waals surface area (Å²) in [5, 5.41) is 9.32. The molecular weight excluding hydrogens is 426 g/mol. The minimum absolute atomic E-state index is 0.0438. The van der Waals surface area contributed by atoms with Crippen LogP contribution >= 0.6 is 0 Å². The Morgan fingerprint density at radius 1 is 1.06 bits per heavy atom. The van der Waals surface area contributed by atoms with Gasteiger partial charge in [-0.3, -0.25) is 4.79 Å². The van der Waals surface area contributed by atoms with Gasteiger partial charge >= 0.3 is 0 Å². The Morgan fingerprint density at radius 2 is 1.69 bits per heavy atom. The average Bonchev–Trinajstić information content (AvgIpc) is 2.73. The van der Waals surface area contributed by atoms with E-state index in [0.29, 0.717) is 25.3 Å². The van der Waals surface area contributed by atoms with Gasteiger partial charge in [-0.05, 0) is 61.2 Å². The van der Waals surface area contributed by atoms with Gasteiger partial charge in [0.2, 0.25) is 15.9 Å². The van der Waals surface area contributed by atoms with Crippen LogP contribution in [-0.4, -0.2) is 49.7 Å². The summed E-state index contributed by atoms with van der Waals surface area (Å²) < 4.78 is 34.3. The van der Waals surface area contributed by atoms with Crippen LogP contribution in [0.1, 0.15) is 37.0 Å². The molecule has 1 saturated heterocycles. The predicted octanol–water partition coefficient (Wildman–Crippen LogP) is 3.85. The van der Waals surface area contributed by atoms with Crippen molar-refractivity contribution in [1.82, 2.24) is 9.21 Å². The molecule has 1 aliphatic heterocycles. The monoisotopic (exact) mass is 455 g/mol. The number of amides is 1. The van der Waals surface area contributed by atoms with Crippen molar-refractivity contribution in [2.75, 3.05) is 26.2 Å². The van der Waals surface area contributed by atoms with Crippen molar-refractivity contribution >= 4 is 15.9 Å². The molecule has 0 bridgehead atoms. The fourth-order valence-electron chi connectivity index (χ4n) is 3.78. The molecule has 32 heavy (non-hydrogen) atoms. The van der Waals surface area contributed by atoms with Gasteiger partial charge in [0.05, 0.1) is 11.6 Å². The first-order chi connectivity index (χ1) is 15.1. The molecule has 170 valence electrons. The lowest BCUT2D eigenvalue weighted by molar-refractivity contribution is -0.133. The molecule has 1 amide bonds. The van der Waals surface area contributed by atoms with Crippen LogP contribution in [-0.2, 0) is 14.8 Å². The fourth-order valence-corrected chi connectivity index (χ4v) is 5.34. The first-order valence-corrected chi connectivity index (χ1v) is 12.1. The Hall–Kier alpha value is -2.89. The van der Waals surface area contributed by atoms with Crippen molar-refractivity contribution in [3.63, 3.8) is 0 Å². The normalized spacial score (nSPS) is 14.9. The maximum Gasteiger partial charge on any atom is 0.246 e. The minimum Gasteiger partial charge on any atom is -0.456 e. The number of carbonyl (C=O) groups is 1. The zero-order valence-electron chi connectivity index (χ0n) is 19.0. The van der Waals surface area contributed by atoms with Gasteiger partial charge in [0, 0.05) is 32.6 Å². The highest BCUT2D eigenvalue weighted by atomic mass is 32.2. The Morgan fingerprint density at radius 3 is 2.25 bits per heavy atom. The number of hydrogen-bond acceptors (Lipinski definition) is 5. The standard InChI is InChI=1S/C24H29N3O4S/c1-17(2)11-24(28)26-7-9-27(10-8-26)32(29,30)23-15-20(16-25)5-6-22(23)31-21-13-18(3)12-19(4)14-21/h5-6,12-15,17H,7-11H2,1-4H3. The third-order valence-electron chi connectivity index (χ3n) is 5.29. The number of ether oxygens (including phenoxy) is 1. The molecule has 1 fully saturated rings. The van der Waals surface area contributed by atoms with Crippen LogP contribution in [0.15, 0.2) is 41.3 Å². The Balaban J connectivity index is 1.87. The number of nitrogens with zero attached hydrogens (tertiary/aromatic N) is 3. The van der Waals surface area contributed by atoms with Gasteiger partial charge in [0.25, 0.3) is 0 Å². The molecule has 0 aromatic heterocycles. The van der Waals surface area contributed by atoms with Crippen molar-refractivity contribution in [3.8, 4) is 17.6 Å². The van der Waals surface area contributed by atoms with Crippen molar-refractivity contribution in [2.24, 2.45) is 5.92 Å². The zero-order chi connectivity index (χ0) is 23.5. The molecule has 1 heterocycles. The van der Waals surface area contributed by atoms with E-state index in [4.69, 9.17) is 4.74 Å². The smallest absolute Gasteiger partial charge is 0.246 e. The molecule has 0 N–H and O–H groups in total. The maximum atomic E-state index is 13.5. The van der Waals surface area contributed by atoms with Crippen molar-refractivity contribution in [1.29, 1.82) is 5.26 Å². The van der Waals surface area contributed by atoms with E-state index in [-0.39, 0.29) is 41.1 Å². The molecule has 0 saturated carbocycles. The van der Waals surface area contributed by atoms with Crippen molar-refractivity contribution in [3.05, 3.63) is 53.1 Å². The van der Waals surface area contributed by atoms with Crippen molar-refractivity contribution < 1.29 is 17.9 Å². The van der Waals surface area contributed by atoms with E-state index in [9.17, 15) is 18.5 Å². The summed E-state index contributed by atoms with van der Waals surface area (Å²) in [5.74, 6) is 1.00. The lowest BCUT2D eigenvalue weighted by atomic mass is 10.1. The van der Waals surface area contributed by atoms with E-state index >= 15 is 0 Å². The van der Waals surface area contributed by atoms with Gasteiger partial charge in [-0.1, -0.05) is 19.9 Å². The highest BCUT2D eigenvalue weighted by molar-refractivity contribution is 7.89. The Kier molecular flexibility index (Phi) is 7.22. The molecule has 2 aromatic carbocycles. The number of sulfonamides is 1. The molecular formula is C24H29N3O4S. The largest absolute Gasteiger partial charge is 0.456 e. The van der Waals surface area contributed by atoms with Crippen molar-refractivity contribution in [2.45, 2.75) is 39.0 Å². The molecule has 0 spiro atoms. The van der Waals surface area contributed by atoms with Crippen LogP contribution in [0.5, 0.6) is 11.5 Å². The SMILES string of the molecule is Cc1cc(C)cc(Oc2ccc(C#N)cc2S(=O)(=O)N2CCN(C(=O)CC(C)C)CC2)c1. The second-order valence-electron chi connectivity index (χ2n) is 8.58. The lowest BCUT2D eigenvalue weighted by Crippen LogP contribution is -2.50. The zero-order valence-corrected chi connectivity index (χ0v) is 19.8. The third kappa shape index (κ3) is 5.47. The predicted molar refractivity (Wildman–Crippen MR) is 122 cm³/mol. The number of piperazine rings is 1. The van der Waals surface area contributed by atoms with Gasteiger partial charge in [0.1, 0.15) is 16.4 Å². The first kappa shape index (κ1) is 23.8. The van der Waals surface area contributed by atoms with Gasteiger partial charge in [0.15, 0.2) is 0 Å². The van der Waals surface area contributed by atoms with Crippen LogP contribution in [0, 0.1) is 31.1 Å². The number of nitriles is 1. The summed E-state index contributed by atoms with van der Waals surface area (Å²) in [7, 11) is -3.92. The fraction of sp³-hybridized carbons (Fsp3) is 0.417. The maximum absolute atomic E-state index is 13.5. The number of rotatable bonds is 6. The van der Waals surface area contributed by atoms with Crippen LogP contribution in [0.4, 0.5) is 0 Å². The molecule has 1 aliphatic rings. The quantitative estimate of drug-likeness (QED) is 0.660. The van der Waals surface area contributed by atoms with E-state index in [2.05, 4.69) is 0 Å². The molecule has 0 aliphatic carbocycles. The summed E-state index contributed by atoms with van der Waals surface area (Å²) in [5.41, 5.74) is 2.24. The molecule has 8 heteroatoms. The lowest BCUT2D eigenvalue weighted by Gasteiger charge is -2.34. The highest BCUT2D eigenvalue weighted by Gasteiger charge is 2.32. The summed E-state index contributed by atoms with van der Waals surface area (Å²) >= 11 is 0. The second kappa shape index (κ2) is 9.72. The third-order valence-corrected chi connectivity index (χ3v) is 7.21. The summed E-state index contributed by atoms with van der Waals surface area (Å²) in [6.07, 6.45) is 0.449. The van der Waals surface area contributed by atoms with Gasteiger partial charge in [-0.2, -0.15) is 9.57 Å². The molecule has 0 atom stereocenters.